The second-order valence-corrected chi connectivity index (χ2v) is 17.3. The summed E-state index contributed by atoms with van der Waals surface area (Å²) in [6.45, 7) is 11.9. The summed E-state index contributed by atoms with van der Waals surface area (Å²) >= 11 is 1.50. The summed E-state index contributed by atoms with van der Waals surface area (Å²) in [7, 11) is 1.70. The van der Waals surface area contributed by atoms with Gasteiger partial charge >= 0.3 is 5.97 Å². The number of cyclic esters (lactones) is 1. The maximum absolute atomic E-state index is 14.3. The molecule has 53 heavy (non-hydrogen) atoms. The lowest BCUT2D eigenvalue weighted by Gasteiger charge is -2.49. The SMILES string of the molecule is CCn1c(-c2cccnc2[C@H](C)OC)c2c3cc(ccc31)-c1csc(n1)C[C@H](NC(=O)[C@H]1C[C@@H]1C)C(=O)N1C[C@@H]3CC[C@@H]3[C@H](N1)C(=O)OCC(C)(C)C2. The number of hydrogen-bond acceptors (Lipinski definition) is 9. The van der Waals surface area contributed by atoms with Crippen LogP contribution in [0.4, 0.5) is 0 Å². The van der Waals surface area contributed by atoms with E-state index in [9.17, 15) is 14.4 Å². The average molecular weight is 739 g/mol. The lowest BCUT2D eigenvalue weighted by molar-refractivity contribution is -0.165. The smallest absolute Gasteiger partial charge is 0.325 e. The van der Waals surface area contributed by atoms with E-state index < -0.39 is 17.5 Å². The first-order valence-corrected chi connectivity index (χ1v) is 20.0. The molecule has 2 N–H and O–H groups in total. The van der Waals surface area contributed by atoms with E-state index in [-0.39, 0.29) is 54.7 Å². The van der Waals surface area contributed by atoms with Gasteiger partial charge in [-0.15, -0.1) is 11.3 Å². The quantitative estimate of drug-likeness (QED) is 0.227. The molecule has 7 atom stereocenters. The number of carbonyl (C=O) groups excluding carboxylic acids is 3. The number of aromatic nitrogens is 3. The Hall–Kier alpha value is -4.13. The molecule has 2 amide bonds. The number of thiazole rings is 1. The van der Waals surface area contributed by atoms with Crippen LogP contribution < -0.4 is 10.7 Å². The van der Waals surface area contributed by atoms with Crippen molar-refractivity contribution in [2.24, 2.45) is 29.1 Å². The minimum Gasteiger partial charge on any atom is -0.464 e. The summed E-state index contributed by atoms with van der Waals surface area (Å²) in [6.07, 6.45) is 5.16. The molecule has 0 spiro atoms. The molecule has 2 saturated carbocycles. The topological polar surface area (TPSA) is 128 Å². The maximum Gasteiger partial charge on any atom is 0.325 e. The van der Waals surface area contributed by atoms with Crippen LogP contribution in [0.1, 0.15) is 76.3 Å². The highest BCUT2D eigenvalue weighted by Gasteiger charge is 2.49. The number of carbonyl (C=O) groups is 3. The summed E-state index contributed by atoms with van der Waals surface area (Å²) < 4.78 is 14.3. The van der Waals surface area contributed by atoms with Gasteiger partial charge in [0.1, 0.15) is 12.1 Å². The summed E-state index contributed by atoms with van der Waals surface area (Å²) in [6, 6.07) is 9.14. The Balaban J connectivity index is 1.25. The third kappa shape index (κ3) is 6.67. The van der Waals surface area contributed by atoms with Crippen molar-refractivity contribution in [1.82, 2.24) is 30.3 Å². The first-order valence-electron chi connectivity index (χ1n) is 19.1. The van der Waals surface area contributed by atoms with E-state index in [0.717, 1.165) is 75.5 Å². The van der Waals surface area contributed by atoms with Crippen molar-refractivity contribution in [2.45, 2.75) is 91.5 Å². The number of hydrogen-bond donors (Lipinski definition) is 2. The fourth-order valence-electron chi connectivity index (χ4n) is 8.60. The van der Waals surface area contributed by atoms with Gasteiger partial charge < -0.3 is 19.4 Å². The number of hydrazine groups is 1. The zero-order valence-corrected chi connectivity index (χ0v) is 32.3. The molecule has 12 heteroatoms. The minimum absolute atomic E-state index is 0.0826. The van der Waals surface area contributed by atoms with E-state index in [1.807, 2.05) is 24.6 Å². The van der Waals surface area contributed by atoms with E-state index in [4.69, 9.17) is 19.4 Å². The highest BCUT2D eigenvalue weighted by Crippen LogP contribution is 2.44. The van der Waals surface area contributed by atoms with E-state index in [2.05, 4.69) is 67.3 Å². The van der Waals surface area contributed by atoms with Gasteiger partial charge in [-0.25, -0.2) is 10.4 Å². The highest BCUT2D eigenvalue weighted by atomic mass is 32.1. The fourth-order valence-corrected chi connectivity index (χ4v) is 9.45. The first kappa shape index (κ1) is 35.9. The molecule has 0 radical (unpaired) electrons. The molecule has 3 fully saturated rings. The predicted octanol–water partition coefficient (Wildman–Crippen LogP) is 6.10. The molecular formula is C41H50N6O5S. The molecule has 0 unspecified atom stereocenters. The zero-order valence-electron chi connectivity index (χ0n) is 31.5. The number of benzene rings is 1. The van der Waals surface area contributed by atoms with Crippen molar-refractivity contribution >= 4 is 40.0 Å². The van der Waals surface area contributed by atoms with Gasteiger partial charge in [0.2, 0.25) is 5.91 Å². The predicted molar refractivity (Wildman–Crippen MR) is 204 cm³/mol. The van der Waals surface area contributed by atoms with Crippen LogP contribution >= 0.6 is 11.3 Å². The normalized spacial score (nSPS) is 27.3. The number of aryl methyl sites for hydroxylation is 1. The van der Waals surface area contributed by atoms with Crippen LogP contribution in [0.15, 0.2) is 41.9 Å². The van der Waals surface area contributed by atoms with E-state index in [1.54, 1.807) is 12.1 Å². The molecule has 1 aromatic carbocycles. The zero-order chi connectivity index (χ0) is 37.2. The number of fused-ring (bicyclic) bond motifs is 8. The van der Waals surface area contributed by atoms with Gasteiger partial charge in [-0.05, 0) is 87.1 Å². The molecule has 6 bridgehead atoms. The lowest BCUT2D eigenvalue weighted by atomic mass is 9.68. The Morgan fingerprint density at radius 3 is 2.75 bits per heavy atom. The van der Waals surface area contributed by atoms with Crippen molar-refractivity contribution in [2.75, 3.05) is 20.3 Å². The molecule has 1 saturated heterocycles. The molecule has 2 aliphatic carbocycles. The van der Waals surface area contributed by atoms with Crippen LogP contribution in [-0.4, -0.2) is 69.7 Å². The van der Waals surface area contributed by atoms with Gasteiger partial charge in [-0.3, -0.25) is 24.4 Å². The number of nitrogens with zero attached hydrogens (tertiary/aromatic N) is 4. The number of amides is 2. The Morgan fingerprint density at radius 2 is 2.04 bits per heavy atom. The number of nitrogens with one attached hydrogen (secondary N) is 2. The summed E-state index contributed by atoms with van der Waals surface area (Å²) in [5, 5.41) is 8.56. The number of esters is 1. The van der Waals surface area contributed by atoms with Gasteiger partial charge in [0.15, 0.2) is 0 Å². The second kappa shape index (κ2) is 13.9. The molecular weight excluding hydrogens is 689 g/mol. The highest BCUT2D eigenvalue weighted by molar-refractivity contribution is 7.10. The standard InChI is InChI=1S/C41H50N6O5S/c1-7-46-33-13-11-24-16-29(33)30(37(46)27-9-8-14-42-35(27)23(3)51-6)18-41(4,5)21-52-40(50)36-26-12-10-25(26)19-47(45-36)39(49)31(17-34-43-32(24)20-53-34)44-38(48)28-15-22(28)2/h8-9,11,13-14,16,20,22-23,25-26,28,31,36,45H,7,10,12,15,17-19,21H2,1-6H3,(H,44,48)/t22-,23-,25-,26-,28-,31-,36-/m0/s1. The number of methoxy groups -OCH3 is 1. The van der Waals surface area contributed by atoms with Crippen molar-refractivity contribution in [3.05, 3.63) is 58.2 Å². The van der Waals surface area contributed by atoms with Crippen LogP contribution in [0, 0.1) is 29.1 Å². The van der Waals surface area contributed by atoms with Crippen LogP contribution in [0.5, 0.6) is 0 Å². The number of ether oxygens (including phenoxy) is 2. The van der Waals surface area contributed by atoms with E-state index in [0.29, 0.717) is 18.9 Å². The van der Waals surface area contributed by atoms with Crippen LogP contribution in [-0.2, 0) is 43.2 Å². The first-order chi connectivity index (χ1) is 25.5. The summed E-state index contributed by atoms with van der Waals surface area (Å²) in [5.74, 6) is -0.172. The Labute approximate surface area is 314 Å². The fraction of sp³-hybridized carbons (Fsp3) is 0.537. The molecule has 4 aliphatic rings. The lowest BCUT2D eigenvalue weighted by Crippen LogP contribution is -2.67. The van der Waals surface area contributed by atoms with Crippen molar-refractivity contribution < 1.29 is 23.9 Å². The number of rotatable bonds is 6. The van der Waals surface area contributed by atoms with Gasteiger partial charge in [0.05, 0.1) is 34.8 Å². The van der Waals surface area contributed by atoms with E-state index >= 15 is 0 Å². The molecule has 8 rings (SSSR count). The van der Waals surface area contributed by atoms with Crippen molar-refractivity contribution in [3.8, 4) is 22.5 Å². The van der Waals surface area contributed by atoms with Gasteiger partial charge in [-0.2, -0.15) is 0 Å². The summed E-state index contributed by atoms with van der Waals surface area (Å²) in [4.78, 5) is 51.4. The third-order valence-corrected chi connectivity index (χ3v) is 12.9. The van der Waals surface area contributed by atoms with Crippen LogP contribution in [0.3, 0.4) is 0 Å². The van der Waals surface area contributed by atoms with Crippen LogP contribution in [0.25, 0.3) is 33.4 Å². The molecule has 3 aromatic heterocycles. The maximum atomic E-state index is 14.3. The Bertz CT molecular complexity index is 2070. The molecule has 5 heterocycles. The third-order valence-electron chi connectivity index (χ3n) is 12.0. The van der Waals surface area contributed by atoms with Crippen molar-refractivity contribution in [1.29, 1.82) is 0 Å². The van der Waals surface area contributed by atoms with Gasteiger partial charge in [0.25, 0.3) is 5.91 Å². The average Bonchev–Trinajstić information content (AvgIpc) is 3.56. The molecule has 2 aliphatic heterocycles. The molecule has 4 aromatic rings. The van der Waals surface area contributed by atoms with Gasteiger partial charge in [-0.1, -0.05) is 26.8 Å². The Morgan fingerprint density at radius 1 is 1.23 bits per heavy atom. The van der Waals surface area contributed by atoms with Crippen molar-refractivity contribution in [3.63, 3.8) is 0 Å². The largest absolute Gasteiger partial charge is 0.464 e. The summed E-state index contributed by atoms with van der Waals surface area (Å²) in [5.41, 5.74) is 9.86. The Kier molecular flexibility index (Phi) is 9.43. The monoisotopic (exact) mass is 738 g/mol. The molecule has 280 valence electrons. The molecule has 11 nitrogen and oxygen atoms in total. The second-order valence-electron chi connectivity index (χ2n) is 16.3. The van der Waals surface area contributed by atoms with E-state index in [1.165, 1.54) is 11.3 Å². The van der Waals surface area contributed by atoms with Crippen LogP contribution in [0.2, 0.25) is 0 Å². The number of pyridine rings is 1. The minimum atomic E-state index is -0.814. The van der Waals surface area contributed by atoms with Gasteiger partial charge in [0, 0.05) is 71.6 Å².